The van der Waals surface area contributed by atoms with Crippen molar-refractivity contribution in [1.29, 1.82) is 0 Å². The lowest BCUT2D eigenvalue weighted by molar-refractivity contribution is -0.0225. The molecule has 26 heavy (non-hydrogen) atoms. The first-order valence-electron chi connectivity index (χ1n) is 9.84. The van der Waals surface area contributed by atoms with Crippen molar-refractivity contribution >= 4 is 5.97 Å². The molecule has 0 spiro atoms. The van der Waals surface area contributed by atoms with Gasteiger partial charge in [0.05, 0.1) is 12.2 Å². The molecule has 0 saturated carbocycles. The van der Waals surface area contributed by atoms with Crippen molar-refractivity contribution in [1.82, 2.24) is 4.90 Å². The Morgan fingerprint density at radius 1 is 0.846 bits per heavy atom. The van der Waals surface area contributed by atoms with Gasteiger partial charge in [-0.15, -0.1) is 0 Å². The Balaban J connectivity index is 2.75. The van der Waals surface area contributed by atoms with Crippen LogP contribution in [0.15, 0.2) is 30.3 Å². The quantitative estimate of drug-likeness (QED) is 0.513. The highest BCUT2D eigenvalue weighted by molar-refractivity contribution is 5.89. The van der Waals surface area contributed by atoms with Crippen LogP contribution in [0.2, 0.25) is 0 Å². The molecule has 0 aliphatic carbocycles. The summed E-state index contributed by atoms with van der Waals surface area (Å²) in [7, 11) is 0. The number of esters is 1. The van der Waals surface area contributed by atoms with Crippen LogP contribution < -0.4 is 0 Å². The van der Waals surface area contributed by atoms with Gasteiger partial charge in [0.25, 0.3) is 0 Å². The van der Waals surface area contributed by atoms with E-state index in [1.807, 2.05) is 18.2 Å². The summed E-state index contributed by atoms with van der Waals surface area (Å²) in [6.45, 7) is 16.9. The second-order valence-electron chi connectivity index (χ2n) is 8.33. The van der Waals surface area contributed by atoms with Crippen LogP contribution in [0.3, 0.4) is 0 Å². The van der Waals surface area contributed by atoms with E-state index in [1.54, 1.807) is 12.1 Å². The average Bonchev–Trinajstić information content (AvgIpc) is 2.53. The van der Waals surface area contributed by atoms with E-state index in [1.165, 1.54) is 0 Å². The zero-order valence-electron chi connectivity index (χ0n) is 17.4. The smallest absolute Gasteiger partial charge is 0.338 e. The maximum atomic E-state index is 12.5. The third-order valence-electron chi connectivity index (χ3n) is 3.75. The van der Waals surface area contributed by atoms with Crippen molar-refractivity contribution in [2.24, 2.45) is 17.8 Å². The predicted molar refractivity (Wildman–Crippen MR) is 107 cm³/mol. The van der Waals surface area contributed by atoms with Crippen LogP contribution in [0, 0.1) is 17.8 Å². The Morgan fingerprint density at radius 2 is 1.42 bits per heavy atom. The summed E-state index contributed by atoms with van der Waals surface area (Å²) in [5, 5.41) is 0. The zero-order chi connectivity index (χ0) is 19.5. The molecule has 1 atom stereocenters. The minimum Gasteiger partial charge on any atom is -0.455 e. The van der Waals surface area contributed by atoms with E-state index in [4.69, 9.17) is 9.47 Å². The number of carbonyl (C=O) groups is 1. The Labute approximate surface area is 159 Å². The molecule has 0 N–H and O–H groups in total. The fraction of sp³-hybridized carbons (Fsp3) is 0.682. The molecule has 0 aromatic heterocycles. The van der Waals surface area contributed by atoms with Gasteiger partial charge in [0.15, 0.2) is 0 Å². The molecule has 4 heteroatoms. The van der Waals surface area contributed by atoms with Crippen molar-refractivity contribution in [3.05, 3.63) is 35.9 Å². The Bertz CT molecular complexity index is 489. The Hall–Kier alpha value is -1.39. The van der Waals surface area contributed by atoms with Crippen molar-refractivity contribution in [3.63, 3.8) is 0 Å². The van der Waals surface area contributed by atoms with Crippen LogP contribution in [-0.4, -0.2) is 49.8 Å². The first-order chi connectivity index (χ1) is 12.3. The van der Waals surface area contributed by atoms with Crippen LogP contribution >= 0.6 is 0 Å². The van der Waals surface area contributed by atoms with Gasteiger partial charge in [0.1, 0.15) is 6.10 Å². The van der Waals surface area contributed by atoms with Crippen LogP contribution in [0.4, 0.5) is 0 Å². The lowest BCUT2D eigenvalue weighted by atomic mass is 10.1. The van der Waals surface area contributed by atoms with Gasteiger partial charge in [-0.3, -0.25) is 4.90 Å². The van der Waals surface area contributed by atoms with Gasteiger partial charge in [0.2, 0.25) is 0 Å². The highest BCUT2D eigenvalue weighted by Crippen LogP contribution is 2.10. The molecule has 0 saturated heterocycles. The average molecular weight is 364 g/mol. The summed E-state index contributed by atoms with van der Waals surface area (Å²) in [4.78, 5) is 14.9. The lowest BCUT2D eigenvalue weighted by Gasteiger charge is -2.30. The fourth-order valence-electron chi connectivity index (χ4n) is 2.90. The third kappa shape index (κ3) is 9.93. The van der Waals surface area contributed by atoms with Gasteiger partial charge in [-0.2, -0.15) is 0 Å². The van der Waals surface area contributed by atoms with Crippen molar-refractivity contribution < 1.29 is 14.3 Å². The number of nitrogens with zero attached hydrogens (tertiary/aromatic N) is 1. The summed E-state index contributed by atoms with van der Waals surface area (Å²) in [5.41, 5.74) is 0.584. The highest BCUT2D eigenvalue weighted by atomic mass is 16.6. The molecule has 148 valence electrons. The highest BCUT2D eigenvalue weighted by Gasteiger charge is 2.21. The monoisotopic (exact) mass is 363 g/mol. The first-order valence-corrected chi connectivity index (χ1v) is 9.84. The van der Waals surface area contributed by atoms with E-state index in [0.717, 1.165) is 13.1 Å². The molecular weight excluding hydrogens is 326 g/mol. The van der Waals surface area contributed by atoms with Gasteiger partial charge in [-0.1, -0.05) is 59.7 Å². The van der Waals surface area contributed by atoms with Crippen LogP contribution in [0.5, 0.6) is 0 Å². The number of carbonyl (C=O) groups excluding carboxylic acids is 1. The van der Waals surface area contributed by atoms with E-state index in [2.05, 4.69) is 46.4 Å². The topological polar surface area (TPSA) is 38.8 Å². The molecule has 0 heterocycles. The second-order valence-corrected chi connectivity index (χ2v) is 8.33. The number of ether oxygens (including phenoxy) is 2. The van der Waals surface area contributed by atoms with Crippen molar-refractivity contribution in [3.8, 4) is 0 Å². The predicted octanol–water partition coefficient (Wildman–Crippen LogP) is 4.50. The van der Waals surface area contributed by atoms with Gasteiger partial charge in [-0.25, -0.2) is 4.79 Å². The van der Waals surface area contributed by atoms with E-state index in [-0.39, 0.29) is 12.1 Å². The van der Waals surface area contributed by atoms with E-state index >= 15 is 0 Å². The minimum absolute atomic E-state index is 0.265. The molecule has 0 bridgehead atoms. The van der Waals surface area contributed by atoms with Crippen LogP contribution in [-0.2, 0) is 9.47 Å². The molecule has 0 aliphatic heterocycles. The lowest BCUT2D eigenvalue weighted by Crippen LogP contribution is -2.41. The molecule has 1 aromatic rings. The number of benzene rings is 1. The van der Waals surface area contributed by atoms with E-state index in [0.29, 0.717) is 43.1 Å². The Kier molecular flexibility index (Phi) is 10.5. The van der Waals surface area contributed by atoms with E-state index in [9.17, 15) is 4.79 Å². The second kappa shape index (κ2) is 12.1. The van der Waals surface area contributed by atoms with Gasteiger partial charge < -0.3 is 9.47 Å². The molecule has 0 radical (unpaired) electrons. The molecule has 1 unspecified atom stereocenters. The first kappa shape index (κ1) is 22.7. The van der Waals surface area contributed by atoms with Gasteiger partial charge in [0, 0.05) is 26.2 Å². The molecular formula is C22H37NO3. The van der Waals surface area contributed by atoms with Crippen LogP contribution in [0.25, 0.3) is 0 Å². The maximum Gasteiger partial charge on any atom is 0.338 e. The summed E-state index contributed by atoms with van der Waals surface area (Å²) in [5.74, 6) is 1.31. The summed E-state index contributed by atoms with van der Waals surface area (Å²) in [6, 6.07) is 9.17. The fourth-order valence-corrected chi connectivity index (χ4v) is 2.90. The molecule has 4 nitrogen and oxygen atoms in total. The third-order valence-corrected chi connectivity index (χ3v) is 3.75. The SMILES string of the molecule is CC(C)COCC(CN(CC(C)C)CC(C)C)OC(=O)c1ccccc1. The largest absolute Gasteiger partial charge is 0.455 e. The number of hydrogen-bond donors (Lipinski definition) is 0. The number of hydrogen-bond acceptors (Lipinski definition) is 4. The summed E-state index contributed by atoms with van der Waals surface area (Å²) < 4.78 is 11.6. The summed E-state index contributed by atoms with van der Waals surface area (Å²) >= 11 is 0. The zero-order valence-corrected chi connectivity index (χ0v) is 17.4. The standard InChI is InChI=1S/C22H37NO3/c1-17(2)12-23(13-18(3)4)14-21(16-25-15-19(5)6)26-22(24)20-10-8-7-9-11-20/h7-11,17-19,21H,12-16H2,1-6H3. The molecule has 0 aliphatic rings. The minimum atomic E-state index is -0.280. The number of rotatable bonds is 12. The molecule has 1 rings (SSSR count). The van der Waals surface area contributed by atoms with Crippen LogP contribution in [0.1, 0.15) is 51.9 Å². The summed E-state index contributed by atoms with van der Waals surface area (Å²) in [6.07, 6.45) is -0.265. The van der Waals surface area contributed by atoms with Crippen molar-refractivity contribution in [2.75, 3.05) is 32.8 Å². The maximum absolute atomic E-state index is 12.5. The normalized spacial score (nSPS) is 13.0. The molecule has 1 aromatic carbocycles. The Morgan fingerprint density at radius 3 is 1.92 bits per heavy atom. The van der Waals surface area contributed by atoms with Gasteiger partial charge in [-0.05, 0) is 29.9 Å². The molecule has 0 fully saturated rings. The van der Waals surface area contributed by atoms with Crippen molar-refractivity contribution in [2.45, 2.75) is 47.6 Å². The molecule has 0 amide bonds. The van der Waals surface area contributed by atoms with E-state index < -0.39 is 0 Å². The van der Waals surface area contributed by atoms with Gasteiger partial charge >= 0.3 is 5.97 Å².